The van der Waals surface area contributed by atoms with E-state index >= 15 is 0 Å². The number of nitrogens with one attached hydrogen (secondary N) is 1. The van der Waals surface area contributed by atoms with Gasteiger partial charge in [-0.2, -0.15) is 0 Å². The molecule has 88 valence electrons. The third-order valence-corrected chi connectivity index (χ3v) is 2.27. The molecule has 0 saturated carbocycles. The Morgan fingerprint density at radius 3 is 1.87 bits per heavy atom. The molecule has 0 spiro atoms. The fourth-order valence-corrected chi connectivity index (χ4v) is 1.57. The van der Waals surface area contributed by atoms with Crippen LogP contribution in [0.5, 0.6) is 0 Å². The van der Waals surface area contributed by atoms with Gasteiger partial charge in [0.1, 0.15) is 0 Å². The second kappa shape index (κ2) is 6.40. The van der Waals surface area contributed by atoms with Crippen molar-refractivity contribution in [3.8, 4) is 0 Å². The van der Waals surface area contributed by atoms with E-state index in [1.165, 1.54) is 0 Å². The van der Waals surface area contributed by atoms with E-state index in [1.54, 1.807) is 7.05 Å². The summed E-state index contributed by atoms with van der Waals surface area (Å²) in [6.45, 7) is 3.95. The molecular formula is C10H19NO4. The standard InChI is InChI=1S/C10H19NO4/c1-6(2)4-7(9(12)13)8(5-11-3)10(14)15/h6-8,11H,4-5H2,1-3H3,(H,12,13)(H,14,15). The molecule has 15 heavy (non-hydrogen) atoms. The molecule has 0 rings (SSSR count). The molecule has 0 heterocycles. The lowest BCUT2D eigenvalue weighted by Crippen LogP contribution is -2.37. The van der Waals surface area contributed by atoms with E-state index in [2.05, 4.69) is 5.32 Å². The first kappa shape index (κ1) is 13.9. The van der Waals surface area contributed by atoms with Crippen molar-refractivity contribution in [3.05, 3.63) is 0 Å². The zero-order chi connectivity index (χ0) is 12.0. The highest BCUT2D eigenvalue weighted by Gasteiger charge is 2.33. The van der Waals surface area contributed by atoms with Crippen LogP contribution in [0.15, 0.2) is 0 Å². The predicted octanol–water partition coefficient (Wildman–Crippen LogP) is 0.653. The predicted molar refractivity (Wildman–Crippen MR) is 55.6 cm³/mol. The van der Waals surface area contributed by atoms with Gasteiger partial charge >= 0.3 is 11.9 Å². The van der Waals surface area contributed by atoms with E-state index in [0.29, 0.717) is 6.42 Å². The van der Waals surface area contributed by atoms with Crippen LogP contribution in [-0.2, 0) is 9.59 Å². The highest BCUT2D eigenvalue weighted by atomic mass is 16.4. The summed E-state index contributed by atoms with van der Waals surface area (Å²) >= 11 is 0. The molecule has 0 aliphatic rings. The molecule has 5 heteroatoms. The van der Waals surface area contributed by atoms with Crippen LogP contribution < -0.4 is 5.32 Å². The van der Waals surface area contributed by atoms with E-state index in [0.717, 1.165) is 0 Å². The molecule has 0 aliphatic carbocycles. The summed E-state index contributed by atoms with van der Waals surface area (Å²) in [4.78, 5) is 21.9. The normalized spacial score (nSPS) is 14.9. The van der Waals surface area contributed by atoms with E-state index in [-0.39, 0.29) is 12.5 Å². The second-order valence-electron chi connectivity index (χ2n) is 4.08. The molecule has 0 aromatic carbocycles. The van der Waals surface area contributed by atoms with Crippen molar-refractivity contribution in [2.24, 2.45) is 17.8 Å². The lowest BCUT2D eigenvalue weighted by atomic mass is 9.85. The molecular weight excluding hydrogens is 198 g/mol. The lowest BCUT2D eigenvalue weighted by Gasteiger charge is -2.21. The summed E-state index contributed by atoms with van der Waals surface area (Å²) < 4.78 is 0. The molecule has 0 saturated heterocycles. The number of hydrogen-bond donors (Lipinski definition) is 3. The van der Waals surface area contributed by atoms with Gasteiger partial charge in [-0.15, -0.1) is 0 Å². The molecule has 0 aromatic rings. The summed E-state index contributed by atoms with van der Waals surface area (Å²) in [7, 11) is 1.62. The van der Waals surface area contributed by atoms with E-state index in [9.17, 15) is 9.59 Å². The van der Waals surface area contributed by atoms with Crippen molar-refractivity contribution in [3.63, 3.8) is 0 Å². The smallest absolute Gasteiger partial charge is 0.308 e. The molecule has 0 radical (unpaired) electrons. The van der Waals surface area contributed by atoms with E-state index < -0.39 is 23.8 Å². The van der Waals surface area contributed by atoms with Gasteiger partial charge in [0.05, 0.1) is 11.8 Å². The minimum absolute atomic E-state index is 0.171. The number of carboxylic acids is 2. The molecule has 0 amide bonds. The molecule has 0 aliphatic heterocycles. The molecule has 0 fully saturated rings. The van der Waals surface area contributed by atoms with Gasteiger partial charge in [0.25, 0.3) is 0 Å². The van der Waals surface area contributed by atoms with E-state index in [1.807, 2.05) is 13.8 Å². The molecule has 0 aromatic heterocycles. The summed E-state index contributed by atoms with van der Waals surface area (Å²) in [5.74, 6) is -3.61. The van der Waals surface area contributed by atoms with Gasteiger partial charge < -0.3 is 15.5 Å². The van der Waals surface area contributed by atoms with Crippen LogP contribution in [0, 0.1) is 17.8 Å². The Bertz CT molecular complexity index is 227. The number of aliphatic carboxylic acids is 2. The number of carbonyl (C=O) groups is 2. The third kappa shape index (κ3) is 4.78. The second-order valence-corrected chi connectivity index (χ2v) is 4.08. The fourth-order valence-electron chi connectivity index (χ4n) is 1.57. The lowest BCUT2D eigenvalue weighted by molar-refractivity contribution is -0.154. The maximum Gasteiger partial charge on any atom is 0.308 e. The van der Waals surface area contributed by atoms with Crippen LogP contribution in [-0.4, -0.2) is 35.7 Å². The maximum atomic E-state index is 11.0. The number of carboxylic acid groups (broad SMARTS) is 2. The van der Waals surface area contributed by atoms with Crippen molar-refractivity contribution in [2.45, 2.75) is 20.3 Å². The minimum Gasteiger partial charge on any atom is -0.481 e. The van der Waals surface area contributed by atoms with Crippen molar-refractivity contribution in [2.75, 3.05) is 13.6 Å². The molecule has 5 nitrogen and oxygen atoms in total. The van der Waals surface area contributed by atoms with Gasteiger partial charge in [-0.25, -0.2) is 0 Å². The van der Waals surface area contributed by atoms with Gasteiger partial charge in [0, 0.05) is 6.54 Å². The average molecular weight is 217 g/mol. The Balaban J connectivity index is 4.67. The Kier molecular flexibility index (Phi) is 5.93. The molecule has 2 atom stereocenters. The summed E-state index contributed by atoms with van der Waals surface area (Å²) in [6.07, 6.45) is 0.383. The molecule has 2 unspecified atom stereocenters. The Labute approximate surface area is 89.5 Å². The molecule has 3 N–H and O–H groups in total. The largest absolute Gasteiger partial charge is 0.481 e. The fraction of sp³-hybridized carbons (Fsp3) is 0.800. The zero-order valence-electron chi connectivity index (χ0n) is 9.36. The van der Waals surface area contributed by atoms with Crippen LogP contribution in [0.4, 0.5) is 0 Å². The van der Waals surface area contributed by atoms with Crippen LogP contribution >= 0.6 is 0 Å². The SMILES string of the molecule is CNCC(C(=O)O)C(CC(C)C)C(=O)O. The Hall–Kier alpha value is -1.10. The third-order valence-electron chi connectivity index (χ3n) is 2.27. The van der Waals surface area contributed by atoms with Crippen molar-refractivity contribution >= 4 is 11.9 Å². The van der Waals surface area contributed by atoms with Gasteiger partial charge in [-0.1, -0.05) is 13.8 Å². The first-order valence-electron chi connectivity index (χ1n) is 5.00. The maximum absolute atomic E-state index is 11.0. The van der Waals surface area contributed by atoms with Crippen LogP contribution in [0.2, 0.25) is 0 Å². The van der Waals surface area contributed by atoms with Crippen molar-refractivity contribution in [1.82, 2.24) is 5.32 Å². The summed E-state index contributed by atoms with van der Waals surface area (Å²) in [5, 5.41) is 20.6. The average Bonchev–Trinajstić information content (AvgIpc) is 2.09. The van der Waals surface area contributed by atoms with Crippen molar-refractivity contribution < 1.29 is 19.8 Å². The van der Waals surface area contributed by atoms with Gasteiger partial charge in [-0.05, 0) is 19.4 Å². The monoisotopic (exact) mass is 217 g/mol. The quantitative estimate of drug-likeness (QED) is 0.583. The zero-order valence-corrected chi connectivity index (χ0v) is 9.36. The topological polar surface area (TPSA) is 86.6 Å². The van der Waals surface area contributed by atoms with Crippen LogP contribution in [0.3, 0.4) is 0 Å². The highest BCUT2D eigenvalue weighted by Crippen LogP contribution is 2.21. The molecule has 0 bridgehead atoms. The van der Waals surface area contributed by atoms with Gasteiger partial charge in [0.15, 0.2) is 0 Å². The van der Waals surface area contributed by atoms with Crippen molar-refractivity contribution in [1.29, 1.82) is 0 Å². The van der Waals surface area contributed by atoms with Gasteiger partial charge in [0.2, 0.25) is 0 Å². The number of rotatable bonds is 7. The summed E-state index contributed by atoms with van der Waals surface area (Å²) in [5.41, 5.74) is 0. The first-order valence-corrected chi connectivity index (χ1v) is 5.00. The Morgan fingerprint density at radius 1 is 1.13 bits per heavy atom. The van der Waals surface area contributed by atoms with E-state index in [4.69, 9.17) is 10.2 Å². The highest BCUT2D eigenvalue weighted by molar-refractivity contribution is 5.80. The minimum atomic E-state index is -1.06. The first-order chi connectivity index (χ1) is 6.90. The number of hydrogen-bond acceptors (Lipinski definition) is 3. The Morgan fingerprint density at radius 2 is 1.60 bits per heavy atom. The van der Waals surface area contributed by atoms with Gasteiger partial charge in [-0.3, -0.25) is 9.59 Å². The van der Waals surface area contributed by atoms with Crippen LogP contribution in [0.1, 0.15) is 20.3 Å². The van der Waals surface area contributed by atoms with Crippen LogP contribution in [0.25, 0.3) is 0 Å². The summed E-state index contributed by atoms with van der Waals surface area (Å²) in [6, 6.07) is 0.